The van der Waals surface area contributed by atoms with Gasteiger partial charge in [0.15, 0.2) is 5.75 Å². The maximum atomic E-state index is 13.9. The fourth-order valence-electron chi connectivity index (χ4n) is 3.36. The summed E-state index contributed by atoms with van der Waals surface area (Å²) in [6.45, 7) is 2.60. The van der Waals surface area contributed by atoms with Gasteiger partial charge in [-0.3, -0.25) is 0 Å². The lowest BCUT2D eigenvalue weighted by atomic mass is 10.0. The smallest absolute Gasteiger partial charge is 0.408 e. The van der Waals surface area contributed by atoms with Crippen LogP contribution in [0.25, 0.3) is 10.9 Å². The number of primary amides is 1. The second-order valence-electron chi connectivity index (χ2n) is 6.81. The minimum Gasteiger partial charge on any atom is -0.408 e. The number of benzene rings is 2. The highest BCUT2D eigenvalue weighted by molar-refractivity contribution is 6.31. The van der Waals surface area contributed by atoms with Crippen molar-refractivity contribution >= 4 is 34.4 Å². The van der Waals surface area contributed by atoms with Crippen molar-refractivity contribution in [3.8, 4) is 5.75 Å². The zero-order valence-electron chi connectivity index (χ0n) is 15.4. The lowest BCUT2D eigenvalue weighted by Gasteiger charge is -2.35. The predicted octanol–water partition coefficient (Wildman–Crippen LogP) is 3.74. The van der Waals surface area contributed by atoms with Crippen molar-refractivity contribution in [1.29, 1.82) is 0 Å². The summed E-state index contributed by atoms with van der Waals surface area (Å²) in [6.07, 6.45) is 1.58. The highest BCUT2D eigenvalue weighted by Crippen LogP contribution is 2.32. The molecule has 3 N–H and O–H groups in total. The topological polar surface area (TPSA) is 93.4 Å². The molecule has 0 bridgehead atoms. The van der Waals surface area contributed by atoms with E-state index >= 15 is 0 Å². The average molecular weight is 416 g/mol. The summed E-state index contributed by atoms with van der Waals surface area (Å²) >= 11 is 6.37. The number of para-hydroxylation sites is 1. The van der Waals surface area contributed by atoms with E-state index in [1.807, 2.05) is 0 Å². The first-order valence-corrected chi connectivity index (χ1v) is 9.54. The zero-order valence-corrected chi connectivity index (χ0v) is 16.2. The van der Waals surface area contributed by atoms with E-state index < -0.39 is 6.09 Å². The van der Waals surface area contributed by atoms with Gasteiger partial charge in [0.2, 0.25) is 0 Å². The first-order chi connectivity index (χ1) is 14.0. The van der Waals surface area contributed by atoms with Crippen molar-refractivity contribution in [1.82, 2.24) is 14.9 Å². The van der Waals surface area contributed by atoms with Gasteiger partial charge in [0.1, 0.15) is 23.5 Å². The first kappa shape index (κ1) is 19.4. The number of nitrogens with zero attached hydrogens (tertiary/aromatic N) is 3. The minimum atomic E-state index is -0.923. The summed E-state index contributed by atoms with van der Waals surface area (Å²) in [5, 5.41) is 4.49. The van der Waals surface area contributed by atoms with Gasteiger partial charge in [-0.05, 0) is 55.4 Å². The third-order valence-electron chi connectivity index (χ3n) is 4.87. The highest BCUT2D eigenvalue weighted by atomic mass is 35.5. The molecule has 0 saturated carbocycles. The van der Waals surface area contributed by atoms with Crippen molar-refractivity contribution in [2.24, 2.45) is 5.73 Å². The Balaban J connectivity index is 1.72. The molecule has 150 valence electrons. The molecule has 4 rings (SSSR count). The summed E-state index contributed by atoms with van der Waals surface area (Å²) in [6, 6.07) is 9.15. The van der Waals surface area contributed by atoms with Crippen LogP contribution < -0.4 is 15.8 Å². The Morgan fingerprint density at radius 1 is 1.31 bits per heavy atom. The molecule has 9 heteroatoms. The molecule has 1 atom stereocenters. The van der Waals surface area contributed by atoms with Crippen LogP contribution in [-0.2, 0) is 0 Å². The molecule has 1 aliphatic heterocycles. The molecule has 29 heavy (non-hydrogen) atoms. The average Bonchev–Trinajstić information content (AvgIpc) is 2.66. The molecule has 2 heterocycles. The molecule has 3 aromatic rings. The van der Waals surface area contributed by atoms with Gasteiger partial charge in [-0.15, -0.1) is 0 Å². The van der Waals surface area contributed by atoms with Crippen LogP contribution in [0.5, 0.6) is 5.75 Å². The van der Waals surface area contributed by atoms with Gasteiger partial charge in [-0.1, -0.05) is 17.7 Å². The van der Waals surface area contributed by atoms with Gasteiger partial charge in [-0.2, -0.15) is 0 Å². The van der Waals surface area contributed by atoms with E-state index in [9.17, 15) is 9.18 Å². The van der Waals surface area contributed by atoms with Crippen LogP contribution in [-0.4, -0.2) is 40.6 Å². The Morgan fingerprint density at radius 3 is 2.86 bits per heavy atom. The number of likely N-dealkylation sites (tertiary alicyclic amines) is 1. The van der Waals surface area contributed by atoms with Crippen molar-refractivity contribution in [2.75, 3.05) is 25.0 Å². The van der Waals surface area contributed by atoms with E-state index in [-0.39, 0.29) is 17.6 Å². The highest BCUT2D eigenvalue weighted by Gasteiger charge is 2.24. The van der Waals surface area contributed by atoms with Gasteiger partial charge < -0.3 is 20.7 Å². The van der Waals surface area contributed by atoms with Gasteiger partial charge in [0, 0.05) is 17.0 Å². The van der Waals surface area contributed by atoms with Crippen molar-refractivity contribution < 1.29 is 13.9 Å². The Labute approximate surface area is 171 Å². The molecule has 1 saturated heterocycles. The monoisotopic (exact) mass is 415 g/mol. The Kier molecular flexibility index (Phi) is 5.46. The predicted molar refractivity (Wildman–Crippen MR) is 109 cm³/mol. The van der Waals surface area contributed by atoms with Gasteiger partial charge in [-0.25, -0.2) is 19.2 Å². The molecule has 0 spiro atoms. The molecule has 2 aromatic carbocycles. The molecular weight excluding hydrogens is 397 g/mol. The number of fused-ring (bicyclic) bond motifs is 1. The van der Waals surface area contributed by atoms with Crippen LogP contribution in [0.1, 0.15) is 18.0 Å². The number of carbonyl (C=O) groups is 1. The van der Waals surface area contributed by atoms with E-state index in [0.29, 0.717) is 33.9 Å². The second kappa shape index (κ2) is 8.18. The molecule has 0 unspecified atom stereocenters. The molecule has 1 fully saturated rings. The molecule has 1 aliphatic rings. The summed E-state index contributed by atoms with van der Waals surface area (Å²) in [5.74, 6) is 0.406. The van der Waals surface area contributed by atoms with Crippen LogP contribution in [0.15, 0.2) is 42.7 Å². The Hall–Kier alpha value is -2.97. The number of halogens is 2. The van der Waals surface area contributed by atoms with E-state index in [1.54, 1.807) is 24.3 Å². The van der Waals surface area contributed by atoms with Crippen LogP contribution in [0.4, 0.5) is 15.0 Å². The Morgan fingerprint density at radius 2 is 2.14 bits per heavy atom. The molecular formula is C20H19ClFN5O2. The molecule has 0 radical (unpaired) electrons. The Bertz CT molecular complexity index is 1060. The van der Waals surface area contributed by atoms with E-state index in [1.165, 1.54) is 18.5 Å². The maximum Gasteiger partial charge on any atom is 0.410 e. The van der Waals surface area contributed by atoms with E-state index in [2.05, 4.69) is 20.2 Å². The van der Waals surface area contributed by atoms with Crippen molar-refractivity contribution in [3.05, 3.63) is 59.1 Å². The third-order valence-corrected chi connectivity index (χ3v) is 5.22. The SMILES string of the molecule is NC(=O)Oc1cccc2c(N[C@H](CN3CCC3)c3cc(F)ccc3Cl)ncnc12. The number of hydrogen-bond acceptors (Lipinski definition) is 6. The quantitative estimate of drug-likeness (QED) is 0.637. The number of ether oxygens (including phenoxy) is 1. The summed E-state index contributed by atoms with van der Waals surface area (Å²) < 4.78 is 19.0. The maximum absolute atomic E-state index is 13.9. The van der Waals surface area contributed by atoms with Crippen LogP contribution in [0.3, 0.4) is 0 Å². The largest absolute Gasteiger partial charge is 0.410 e. The minimum absolute atomic E-state index is 0.239. The summed E-state index contributed by atoms with van der Waals surface area (Å²) in [5.41, 5.74) is 6.23. The molecule has 7 nitrogen and oxygen atoms in total. The lowest BCUT2D eigenvalue weighted by molar-refractivity contribution is 0.174. The lowest BCUT2D eigenvalue weighted by Crippen LogP contribution is -2.41. The summed E-state index contributed by atoms with van der Waals surface area (Å²) in [7, 11) is 0. The fourth-order valence-corrected chi connectivity index (χ4v) is 3.61. The van der Waals surface area contributed by atoms with E-state index in [0.717, 1.165) is 19.5 Å². The van der Waals surface area contributed by atoms with Crippen LogP contribution in [0, 0.1) is 5.82 Å². The van der Waals surface area contributed by atoms with Crippen molar-refractivity contribution in [2.45, 2.75) is 12.5 Å². The number of aromatic nitrogens is 2. The molecule has 1 amide bonds. The van der Waals surface area contributed by atoms with Crippen LogP contribution in [0.2, 0.25) is 5.02 Å². The standard InChI is InChI=1S/C20H19ClFN5O2/c21-15-6-5-12(22)9-14(15)16(10-27-7-2-8-27)26-19-13-3-1-4-17(29-20(23)28)18(13)24-11-25-19/h1,3-6,9,11,16H,2,7-8,10H2,(H2,23,28)(H,24,25,26)/t16-/m1/s1. The number of hydrogen-bond donors (Lipinski definition) is 2. The van der Waals surface area contributed by atoms with Gasteiger partial charge >= 0.3 is 6.09 Å². The first-order valence-electron chi connectivity index (χ1n) is 9.16. The fraction of sp³-hybridized carbons (Fsp3) is 0.250. The zero-order chi connectivity index (χ0) is 20.4. The van der Waals surface area contributed by atoms with Gasteiger partial charge in [0.05, 0.1) is 6.04 Å². The normalized spacial score (nSPS) is 15.0. The van der Waals surface area contributed by atoms with Gasteiger partial charge in [0.25, 0.3) is 0 Å². The third kappa shape index (κ3) is 4.23. The van der Waals surface area contributed by atoms with Crippen molar-refractivity contribution in [3.63, 3.8) is 0 Å². The summed E-state index contributed by atoms with van der Waals surface area (Å²) in [4.78, 5) is 22.0. The number of nitrogens with one attached hydrogen (secondary N) is 1. The number of anilines is 1. The molecule has 0 aliphatic carbocycles. The van der Waals surface area contributed by atoms with E-state index in [4.69, 9.17) is 22.1 Å². The molecule has 1 aromatic heterocycles. The second-order valence-corrected chi connectivity index (χ2v) is 7.22. The number of amides is 1. The number of nitrogens with two attached hydrogens (primary N) is 1. The number of rotatable bonds is 6. The van der Waals surface area contributed by atoms with Crippen LogP contribution >= 0.6 is 11.6 Å². The number of carbonyl (C=O) groups excluding carboxylic acids is 1.